The van der Waals surface area contributed by atoms with Crippen LogP contribution in [0.1, 0.15) is 11.5 Å². The molecule has 0 aliphatic carbocycles. The zero-order chi connectivity index (χ0) is 13.9. The summed E-state index contributed by atoms with van der Waals surface area (Å²) in [7, 11) is 0. The zero-order valence-corrected chi connectivity index (χ0v) is 9.74. The van der Waals surface area contributed by atoms with Crippen molar-refractivity contribution in [2.24, 2.45) is 0 Å². The lowest BCUT2D eigenvalue weighted by Crippen LogP contribution is -2.13. The number of nitrogens with zero attached hydrogens (tertiary/aromatic N) is 2. The van der Waals surface area contributed by atoms with Gasteiger partial charge in [0.1, 0.15) is 0 Å². The highest BCUT2D eigenvalue weighted by Gasteiger charge is 2.33. The van der Waals surface area contributed by atoms with Crippen LogP contribution in [0.2, 0.25) is 0 Å². The summed E-state index contributed by atoms with van der Waals surface area (Å²) < 4.78 is 43.1. The summed E-state index contributed by atoms with van der Waals surface area (Å²) in [5, 5.41) is 6.09. The summed E-state index contributed by atoms with van der Waals surface area (Å²) in [4.78, 5) is 3.77. The van der Waals surface area contributed by atoms with E-state index in [4.69, 9.17) is 10.3 Å². The van der Waals surface area contributed by atoms with Gasteiger partial charge in [-0.2, -0.15) is 18.2 Å². The molecule has 0 spiro atoms. The minimum absolute atomic E-state index is 0.0267. The number of benzene rings is 1. The van der Waals surface area contributed by atoms with E-state index in [9.17, 15) is 13.2 Å². The van der Waals surface area contributed by atoms with Crippen LogP contribution < -0.4 is 11.1 Å². The molecular weight excluding hydrogens is 261 g/mol. The van der Waals surface area contributed by atoms with Crippen LogP contribution in [0, 0.1) is 0 Å². The quantitative estimate of drug-likeness (QED) is 0.835. The Kier molecular flexibility index (Phi) is 3.59. The highest BCUT2D eigenvalue weighted by molar-refractivity contribution is 5.59. The summed E-state index contributed by atoms with van der Waals surface area (Å²) in [6.07, 6.45) is -2.89. The van der Waals surface area contributed by atoms with Gasteiger partial charge in [0.25, 0.3) is 0 Å². The summed E-state index contributed by atoms with van der Waals surface area (Å²) in [5.41, 5.74) is 4.61. The first kappa shape index (κ1) is 13.2. The van der Waals surface area contributed by atoms with Crippen molar-refractivity contribution >= 4 is 11.4 Å². The number of nitrogens with one attached hydrogen (secondary N) is 1. The van der Waals surface area contributed by atoms with Gasteiger partial charge in [0.15, 0.2) is 6.33 Å². The van der Waals surface area contributed by atoms with E-state index in [2.05, 4.69) is 15.5 Å². The lowest BCUT2D eigenvalue weighted by molar-refractivity contribution is -0.136. The lowest BCUT2D eigenvalue weighted by Gasteiger charge is -2.14. The second kappa shape index (κ2) is 5.17. The van der Waals surface area contributed by atoms with Gasteiger partial charge in [-0.15, -0.1) is 0 Å². The first-order valence-corrected chi connectivity index (χ1v) is 5.43. The molecule has 2 aromatic rings. The Balaban J connectivity index is 2.07. The standard InChI is InChI=1S/C11H11F3N4O/c12-11(13,14)8-5-7(15)1-2-9(8)16-4-3-10-17-6-18-19-10/h1-2,5-6,16H,3-4,15H2. The number of nitrogens with two attached hydrogens (primary N) is 1. The van der Waals surface area contributed by atoms with Crippen LogP contribution >= 0.6 is 0 Å². The molecule has 1 heterocycles. The number of halogens is 3. The minimum atomic E-state index is -4.46. The van der Waals surface area contributed by atoms with Crippen LogP contribution in [-0.4, -0.2) is 16.7 Å². The van der Waals surface area contributed by atoms with Gasteiger partial charge in [0.05, 0.1) is 5.56 Å². The van der Waals surface area contributed by atoms with Gasteiger partial charge in [-0.3, -0.25) is 0 Å². The molecule has 3 N–H and O–H groups in total. The predicted octanol–water partition coefficient (Wildman–Crippen LogP) is 2.33. The number of nitrogen functional groups attached to an aromatic ring is 1. The van der Waals surface area contributed by atoms with E-state index in [-0.39, 0.29) is 17.9 Å². The van der Waals surface area contributed by atoms with E-state index in [1.807, 2.05) is 0 Å². The summed E-state index contributed by atoms with van der Waals surface area (Å²) in [6, 6.07) is 3.60. The Morgan fingerprint density at radius 2 is 2.11 bits per heavy atom. The summed E-state index contributed by atoms with van der Waals surface area (Å²) in [6.45, 7) is 0.245. The van der Waals surface area contributed by atoms with Crippen LogP contribution in [-0.2, 0) is 12.6 Å². The van der Waals surface area contributed by atoms with Crippen molar-refractivity contribution in [2.45, 2.75) is 12.6 Å². The van der Waals surface area contributed by atoms with Gasteiger partial charge in [-0.1, -0.05) is 5.16 Å². The van der Waals surface area contributed by atoms with Crippen molar-refractivity contribution in [1.29, 1.82) is 0 Å². The Labute approximate surface area is 106 Å². The van der Waals surface area contributed by atoms with Gasteiger partial charge in [-0.05, 0) is 18.2 Å². The van der Waals surface area contributed by atoms with E-state index >= 15 is 0 Å². The maximum Gasteiger partial charge on any atom is 0.418 e. The molecular formula is C11H11F3N4O. The van der Waals surface area contributed by atoms with Crippen molar-refractivity contribution in [3.8, 4) is 0 Å². The molecule has 2 rings (SSSR count). The van der Waals surface area contributed by atoms with Gasteiger partial charge in [0.2, 0.25) is 5.89 Å². The largest absolute Gasteiger partial charge is 0.418 e. The Morgan fingerprint density at radius 1 is 1.32 bits per heavy atom. The number of aromatic nitrogens is 2. The van der Waals surface area contributed by atoms with Gasteiger partial charge >= 0.3 is 6.18 Å². The Hall–Kier alpha value is -2.25. The zero-order valence-electron chi connectivity index (χ0n) is 9.74. The summed E-state index contributed by atoms with van der Waals surface area (Å²) in [5.74, 6) is 0.358. The van der Waals surface area contributed by atoms with Crippen molar-refractivity contribution in [3.05, 3.63) is 36.0 Å². The highest BCUT2D eigenvalue weighted by atomic mass is 19.4. The predicted molar refractivity (Wildman–Crippen MR) is 62.3 cm³/mol. The SMILES string of the molecule is Nc1ccc(NCCc2ncno2)c(C(F)(F)F)c1. The number of alkyl halides is 3. The molecule has 0 atom stereocenters. The molecule has 8 heteroatoms. The molecule has 1 aromatic heterocycles. The number of hydrogen-bond donors (Lipinski definition) is 2. The normalized spacial score (nSPS) is 11.5. The smallest absolute Gasteiger partial charge is 0.399 e. The molecule has 0 aliphatic heterocycles. The van der Waals surface area contributed by atoms with Crippen molar-refractivity contribution < 1.29 is 17.7 Å². The first-order valence-electron chi connectivity index (χ1n) is 5.43. The van der Waals surface area contributed by atoms with Gasteiger partial charge in [0, 0.05) is 24.3 Å². The van der Waals surface area contributed by atoms with Crippen LogP contribution in [0.3, 0.4) is 0 Å². The van der Waals surface area contributed by atoms with Crippen molar-refractivity contribution in [2.75, 3.05) is 17.6 Å². The van der Waals surface area contributed by atoms with Crippen molar-refractivity contribution in [3.63, 3.8) is 0 Å². The maximum absolute atomic E-state index is 12.8. The fourth-order valence-corrected chi connectivity index (χ4v) is 1.56. The molecule has 0 radical (unpaired) electrons. The average molecular weight is 272 g/mol. The van der Waals surface area contributed by atoms with Gasteiger partial charge < -0.3 is 15.6 Å². The third-order valence-electron chi connectivity index (χ3n) is 2.41. The highest BCUT2D eigenvalue weighted by Crippen LogP contribution is 2.35. The topological polar surface area (TPSA) is 77.0 Å². The summed E-state index contributed by atoms with van der Waals surface area (Å²) >= 11 is 0. The Morgan fingerprint density at radius 3 is 2.74 bits per heavy atom. The number of hydrogen-bond acceptors (Lipinski definition) is 5. The van der Waals surface area contributed by atoms with Crippen LogP contribution in [0.5, 0.6) is 0 Å². The molecule has 102 valence electrons. The molecule has 0 amide bonds. The Bertz CT molecular complexity index is 539. The molecule has 0 aliphatic rings. The number of anilines is 2. The maximum atomic E-state index is 12.8. The van der Waals surface area contributed by atoms with E-state index in [1.165, 1.54) is 18.5 Å². The van der Waals surface area contributed by atoms with Crippen molar-refractivity contribution in [1.82, 2.24) is 10.1 Å². The van der Waals surface area contributed by atoms with Crippen LogP contribution in [0.4, 0.5) is 24.5 Å². The van der Waals surface area contributed by atoms with E-state index in [0.717, 1.165) is 6.07 Å². The van der Waals surface area contributed by atoms with Gasteiger partial charge in [-0.25, -0.2) is 0 Å². The third-order valence-corrected chi connectivity index (χ3v) is 2.41. The molecule has 5 nitrogen and oxygen atoms in total. The van der Waals surface area contributed by atoms with Crippen LogP contribution in [0.15, 0.2) is 29.0 Å². The fourth-order valence-electron chi connectivity index (χ4n) is 1.56. The molecule has 0 bridgehead atoms. The second-order valence-electron chi connectivity index (χ2n) is 3.81. The molecule has 1 aromatic carbocycles. The molecule has 0 saturated heterocycles. The average Bonchev–Trinajstić information content (AvgIpc) is 2.83. The minimum Gasteiger partial charge on any atom is -0.399 e. The second-order valence-corrected chi connectivity index (χ2v) is 3.81. The fraction of sp³-hybridized carbons (Fsp3) is 0.273. The molecule has 0 saturated carbocycles. The van der Waals surface area contributed by atoms with E-state index in [1.54, 1.807) is 0 Å². The first-order chi connectivity index (χ1) is 8.97. The third kappa shape index (κ3) is 3.36. The van der Waals surface area contributed by atoms with E-state index < -0.39 is 11.7 Å². The molecule has 0 fully saturated rings. The molecule has 0 unspecified atom stereocenters. The monoisotopic (exact) mass is 272 g/mol. The number of rotatable bonds is 4. The molecule has 19 heavy (non-hydrogen) atoms. The van der Waals surface area contributed by atoms with E-state index in [0.29, 0.717) is 12.3 Å². The van der Waals surface area contributed by atoms with Crippen LogP contribution in [0.25, 0.3) is 0 Å². The lowest BCUT2D eigenvalue weighted by atomic mass is 10.1.